The van der Waals surface area contributed by atoms with Crippen LogP contribution in [0.1, 0.15) is 5.69 Å². The molecule has 3 rings (SSSR count). The largest absolute Gasteiger partial charge is 0.323 e. The number of benzene rings is 2. The summed E-state index contributed by atoms with van der Waals surface area (Å²) in [6, 6.07) is 12.8. The molecule has 0 spiro atoms. The molecular weight excluding hydrogens is 285 g/mol. The summed E-state index contributed by atoms with van der Waals surface area (Å²) in [5.41, 5.74) is 0.235. The van der Waals surface area contributed by atoms with Crippen molar-refractivity contribution in [2.45, 2.75) is 6.42 Å². The second-order valence-electron chi connectivity index (χ2n) is 4.75. The van der Waals surface area contributed by atoms with Gasteiger partial charge in [-0.2, -0.15) is 5.10 Å². The first-order valence-corrected chi connectivity index (χ1v) is 6.66. The van der Waals surface area contributed by atoms with Gasteiger partial charge in [-0.05, 0) is 18.2 Å². The molecule has 0 atom stereocenters. The summed E-state index contributed by atoms with van der Waals surface area (Å²) >= 11 is 0. The number of halogens is 1. The normalized spacial score (nSPS) is 10.6. The topological polar surface area (TPSA) is 74.8 Å². The number of H-pyrrole nitrogens is 1. The van der Waals surface area contributed by atoms with Gasteiger partial charge in [-0.25, -0.2) is 9.49 Å². The van der Waals surface area contributed by atoms with Gasteiger partial charge in [0, 0.05) is 5.39 Å². The van der Waals surface area contributed by atoms with Gasteiger partial charge in [0.05, 0.1) is 23.2 Å². The van der Waals surface area contributed by atoms with E-state index in [2.05, 4.69) is 15.5 Å². The lowest BCUT2D eigenvalue weighted by Crippen LogP contribution is -2.18. The number of fused-ring (bicyclic) bond motifs is 1. The SMILES string of the molecule is O=C(Cc1n[nH]c(=O)c2ccccc12)Nc1ccccc1F. The molecule has 1 aromatic heterocycles. The van der Waals surface area contributed by atoms with Gasteiger partial charge in [0.15, 0.2) is 0 Å². The number of aromatic amines is 1. The maximum absolute atomic E-state index is 13.5. The number of anilines is 1. The molecule has 0 saturated heterocycles. The van der Waals surface area contributed by atoms with Crippen LogP contribution < -0.4 is 10.9 Å². The third-order valence-electron chi connectivity index (χ3n) is 3.25. The van der Waals surface area contributed by atoms with Crippen LogP contribution in [0.4, 0.5) is 10.1 Å². The molecule has 0 aliphatic rings. The Bertz CT molecular complexity index is 905. The number of nitrogens with zero attached hydrogens (tertiary/aromatic N) is 1. The van der Waals surface area contributed by atoms with Crippen LogP contribution in [0, 0.1) is 5.82 Å². The molecule has 2 aromatic carbocycles. The fraction of sp³-hybridized carbons (Fsp3) is 0.0625. The van der Waals surface area contributed by atoms with Gasteiger partial charge in [-0.3, -0.25) is 9.59 Å². The molecule has 0 bridgehead atoms. The maximum atomic E-state index is 13.5. The lowest BCUT2D eigenvalue weighted by molar-refractivity contribution is -0.115. The van der Waals surface area contributed by atoms with E-state index in [1.54, 1.807) is 36.4 Å². The molecule has 1 amide bonds. The van der Waals surface area contributed by atoms with E-state index in [1.165, 1.54) is 12.1 Å². The Hall–Kier alpha value is -3.02. The predicted octanol–water partition coefficient (Wildman–Crippen LogP) is 2.24. The fourth-order valence-corrected chi connectivity index (χ4v) is 2.22. The molecule has 1 heterocycles. The van der Waals surface area contributed by atoms with Gasteiger partial charge in [0.1, 0.15) is 5.82 Å². The van der Waals surface area contributed by atoms with Crippen molar-refractivity contribution in [2.75, 3.05) is 5.32 Å². The van der Waals surface area contributed by atoms with Crippen molar-refractivity contribution in [3.63, 3.8) is 0 Å². The second kappa shape index (κ2) is 5.77. The van der Waals surface area contributed by atoms with Crippen molar-refractivity contribution >= 4 is 22.4 Å². The lowest BCUT2D eigenvalue weighted by Gasteiger charge is -2.07. The number of hydrogen-bond donors (Lipinski definition) is 2. The Balaban J connectivity index is 1.88. The second-order valence-corrected chi connectivity index (χ2v) is 4.75. The van der Waals surface area contributed by atoms with Crippen molar-refractivity contribution in [2.24, 2.45) is 0 Å². The number of aromatic nitrogens is 2. The molecular formula is C16H12FN3O2. The summed E-state index contributed by atoms with van der Waals surface area (Å²) in [7, 11) is 0. The minimum atomic E-state index is -0.505. The minimum absolute atomic E-state index is 0.0639. The lowest BCUT2D eigenvalue weighted by atomic mass is 10.1. The molecule has 3 aromatic rings. The van der Waals surface area contributed by atoms with Crippen LogP contribution in [0.15, 0.2) is 53.3 Å². The zero-order valence-corrected chi connectivity index (χ0v) is 11.5. The zero-order valence-electron chi connectivity index (χ0n) is 11.5. The van der Waals surface area contributed by atoms with Crippen molar-refractivity contribution in [3.8, 4) is 0 Å². The molecule has 6 heteroatoms. The number of rotatable bonds is 3. The Morgan fingerprint density at radius 2 is 1.77 bits per heavy atom. The minimum Gasteiger partial charge on any atom is -0.323 e. The van der Waals surface area contributed by atoms with Gasteiger partial charge in [-0.1, -0.05) is 30.3 Å². The molecule has 0 unspecified atom stereocenters. The smallest absolute Gasteiger partial charge is 0.272 e. The predicted molar refractivity (Wildman–Crippen MR) is 81.1 cm³/mol. The molecule has 110 valence electrons. The number of carbonyl (C=O) groups excluding carboxylic acids is 1. The van der Waals surface area contributed by atoms with Crippen LogP contribution in [-0.2, 0) is 11.2 Å². The summed E-state index contributed by atoms with van der Waals surface area (Å²) in [5.74, 6) is -0.912. The first-order chi connectivity index (χ1) is 10.6. The molecule has 0 saturated carbocycles. The summed E-state index contributed by atoms with van der Waals surface area (Å²) < 4.78 is 13.5. The Labute approximate surface area is 124 Å². The third-order valence-corrected chi connectivity index (χ3v) is 3.25. The number of amides is 1. The van der Waals surface area contributed by atoms with E-state index in [9.17, 15) is 14.0 Å². The highest BCUT2D eigenvalue weighted by Gasteiger charge is 2.12. The average molecular weight is 297 g/mol. The fourth-order valence-electron chi connectivity index (χ4n) is 2.22. The van der Waals surface area contributed by atoms with E-state index >= 15 is 0 Å². The molecule has 2 N–H and O–H groups in total. The van der Waals surface area contributed by atoms with Gasteiger partial charge >= 0.3 is 0 Å². The number of carbonyl (C=O) groups is 1. The first-order valence-electron chi connectivity index (χ1n) is 6.66. The van der Waals surface area contributed by atoms with Gasteiger partial charge in [-0.15, -0.1) is 0 Å². The molecule has 0 aliphatic carbocycles. The molecule has 0 fully saturated rings. The standard InChI is InChI=1S/C16H12FN3O2/c17-12-7-3-4-8-13(12)18-15(21)9-14-10-5-1-2-6-11(10)16(22)20-19-14/h1-8H,9H2,(H,18,21)(H,20,22). The van der Waals surface area contributed by atoms with Crippen molar-refractivity contribution in [1.82, 2.24) is 10.2 Å². The quantitative estimate of drug-likeness (QED) is 0.778. The highest BCUT2D eigenvalue weighted by molar-refractivity contribution is 5.95. The van der Waals surface area contributed by atoms with Crippen molar-refractivity contribution < 1.29 is 9.18 Å². The van der Waals surface area contributed by atoms with E-state index in [0.29, 0.717) is 16.5 Å². The van der Waals surface area contributed by atoms with E-state index in [-0.39, 0.29) is 17.7 Å². The number of para-hydroxylation sites is 1. The van der Waals surface area contributed by atoms with E-state index in [4.69, 9.17) is 0 Å². The highest BCUT2D eigenvalue weighted by Crippen LogP contribution is 2.15. The Kier molecular flexibility index (Phi) is 3.65. The third kappa shape index (κ3) is 2.71. The van der Waals surface area contributed by atoms with E-state index < -0.39 is 11.7 Å². The van der Waals surface area contributed by atoms with Crippen molar-refractivity contribution in [1.29, 1.82) is 0 Å². The van der Waals surface area contributed by atoms with Gasteiger partial charge in [0.25, 0.3) is 5.56 Å². The van der Waals surface area contributed by atoms with Crippen molar-refractivity contribution in [3.05, 3.63) is 70.4 Å². The highest BCUT2D eigenvalue weighted by atomic mass is 19.1. The summed E-state index contributed by atoms with van der Waals surface area (Å²) in [4.78, 5) is 23.7. The zero-order chi connectivity index (χ0) is 15.5. The summed E-state index contributed by atoms with van der Waals surface area (Å²) in [5, 5.41) is 9.84. The van der Waals surface area contributed by atoms with Gasteiger partial charge < -0.3 is 5.32 Å². The number of nitrogens with one attached hydrogen (secondary N) is 2. The van der Waals surface area contributed by atoms with Crippen LogP contribution in [0.3, 0.4) is 0 Å². The molecule has 22 heavy (non-hydrogen) atoms. The van der Waals surface area contributed by atoms with Crippen LogP contribution in [0.5, 0.6) is 0 Å². The summed E-state index contributed by atoms with van der Waals surface area (Å²) in [6.45, 7) is 0. The number of hydrogen-bond acceptors (Lipinski definition) is 3. The molecule has 5 nitrogen and oxygen atoms in total. The van der Waals surface area contributed by atoms with E-state index in [1.807, 2.05) is 0 Å². The van der Waals surface area contributed by atoms with Crippen LogP contribution in [0.2, 0.25) is 0 Å². The first kappa shape index (κ1) is 13.9. The maximum Gasteiger partial charge on any atom is 0.272 e. The Morgan fingerprint density at radius 3 is 2.55 bits per heavy atom. The molecule has 0 radical (unpaired) electrons. The van der Waals surface area contributed by atoms with Crippen LogP contribution in [0.25, 0.3) is 10.8 Å². The van der Waals surface area contributed by atoms with Crippen LogP contribution in [-0.4, -0.2) is 16.1 Å². The van der Waals surface area contributed by atoms with Gasteiger partial charge in [0.2, 0.25) is 5.91 Å². The van der Waals surface area contributed by atoms with Crippen LogP contribution >= 0.6 is 0 Å². The Morgan fingerprint density at radius 1 is 1.09 bits per heavy atom. The monoisotopic (exact) mass is 297 g/mol. The molecule has 0 aliphatic heterocycles. The van der Waals surface area contributed by atoms with E-state index in [0.717, 1.165) is 0 Å². The summed E-state index contributed by atoms with van der Waals surface area (Å²) in [6.07, 6.45) is -0.0639. The average Bonchev–Trinajstić information content (AvgIpc) is 2.53.